The molecule has 19 heavy (non-hydrogen) atoms. The van der Waals surface area contributed by atoms with Crippen LogP contribution in [0.3, 0.4) is 0 Å². The lowest BCUT2D eigenvalue weighted by molar-refractivity contribution is -0.384. The maximum Gasteiger partial charge on any atom is 0.329 e. The van der Waals surface area contributed by atoms with Crippen molar-refractivity contribution in [3.05, 3.63) is 38.7 Å². The summed E-state index contributed by atoms with van der Waals surface area (Å²) in [4.78, 5) is 19.1. The summed E-state index contributed by atoms with van der Waals surface area (Å²) in [5.74, 6) is 5.45. The van der Waals surface area contributed by atoms with Crippen molar-refractivity contribution in [2.24, 2.45) is 5.84 Å². The van der Waals surface area contributed by atoms with Crippen LogP contribution in [0.4, 0.5) is 17.5 Å². The third-order valence-electron chi connectivity index (χ3n) is 2.42. The highest BCUT2D eigenvalue weighted by Gasteiger charge is 2.19. The second-order valence-corrected chi connectivity index (χ2v) is 4.69. The van der Waals surface area contributed by atoms with Gasteiger partial charge in [0.15, 0.2) is 0 Å². The molecule has 0 fully saturated rings. The molecule has 0 saturated heterocycles. The Bertz CT molecular complexity index is 573. The number of hydrogen-bond donors (Lipinski definition) is 3. The van der Waals surface area contributed by atoms with E-state index in [0.29, 0.717) is 0 Å². The monoisotopic (exact) mass is 280 g/mol. The number of nitrogens with two attached hydrogens (primary N) is 1. The Morgan fingerprint density at radius 2 is 2.37 bits per heavy atom. The summed E-state index contributed by atoms with van der Waals surface area (Å²) in [7, 11) is 0. The van der Waals surface area contributed by atoms with Gasteiger partial charge in [0.1, 0.15) is 6.20 Å². The molecular formula is C10H12N6O2S. The van der Waals surface area contributed by atoms with Crippen LogP contribution in [0.5, 0.6) is 0 Å². The fraction of sp³-hybridized carbons (Fsp3) is 0.200. The molecule has 2 aromatic rings. The smallest absolute Gasteiger partial charge is 0.329 e. The first-order valence-electron chi connectivity index (χ1n) is 5.39. The Morgan fingerprint density at radius 3 is 2.95 bits per heavy atom. The van der Waals surface area contributed by atoms with Crippen molar-refractivity contribution in [3.8, 4) is 0 Å². The minimum Gasteiger partial charge on any atom is -0.357 e. The van der Waals surface area contributed by atoms with Crippen molar-refractivity contribution in [3.63, 3.8) is 0 Å². The van der Waals surface area contributed by atoms with E-state index in [2.05, 4.69) is 20.7 Å². The van der Waals surface area contributed by atoms with E-state index in [4.69, 9.17) is 5.84 Å². The predicted molar refractivity (Wildman–Crippen MR) is 72.9 cm³/mol. The van der Waals surface area contributed by atoms with E-state index in [1.807, 2.05) is 24.4 Å². The molecule has 2 heterocycles. The van der Waals surface area contributed by atoms with Gasteiger partial charge >= 0.3 is 5.69 Å². The number of nitro groups is 1. The molecule has 0 aliphatic heterocycles. The molecule has 8 nitrogen and oxygen atoms in total. The summed E-state index contributed by atoms with van der Waals surface area (Å²) in [5.41, 5.74) is 2.07. The van der Waals surface area contributed by atoms with Gasteiger partial charge in [-0.2, -0.15) is 4.98 Å². The van der Waals surface area contributed by atoms with Crippen LogP contribution in [0.15, 0.2) is 23.7 Å². The third-order valence-corrected chi connectivity index (χ3v) is 3.47. The molecule has 0 aliphatic carbocycles. The highest BCUT2D eigenvalue weighted by atomic mass is 32.1. The van der Waals surface area contributed by atoms with Crippen LogP contribution in [-0.4, -0.2) is 14.9 Å². The maximum absolute atomic E-state index is 10.9. The summed E-state index contributed by atoms with van der Waals surface area (Å²) < 4.78 is 0. The van der Waals surface area contributed by atoms with Gasteiger partial charge in [-0.15, -0.1) is 11.3 Å². The van der Waals surface area contributed by atoms with Crippen LogP contribution in [0.1, 0.15) is 17.8 Å². The Balaban J connectivity index is 2.29. The molecule has 9 heteroatoms. The van der Waals surface area contributed by atoms with E-state index in [1.54, 1.807) is 11.3 Å². The summed E-state index contributed by atoms with van der Waals surface area (Å²) in [6, 6.07) is 3.76. The van der Waals surface area contributed by atoms with Crippen molar-refractivity contribution in [1.82, 2.24) is 9.97 Å². The van der Waals surface area contributed by atoms with Crippen LogP contribution in [0.2, 0.25) is 0 Å². The largest absolute Gasteiger partial charge is 0.357 e. The van der Waals surface area contributed by atoms with E-state index in [-0.39, 0.29) is 23.5 Å². The highest BCUT2D eigenvalue weighted by molar-refractivity contribution is 7.10. The summed E-state index contributed by atoms with van der Waals surface area (Å²) in [6.07, 6.45) is 1.12. The standard InChI is InChI=1S/C10H12N6O2S/c1-6(8-3-2-4-19-8)13-9-7(16(17)18)5-12-10(14-9)15-11/h2-6H,11H2,1H3,(H2,12,13,14,15). The van der Waals surface area contributed by atoms with Gasteiger partial charge in [-0.25, -0.2) is 10.8 Å². The van der Waals surface area contributed by atoms with Crippen molar-refractivity contribution >= 4 is 28.8 Å². The fourth-order valence-corrected chi connectivity index (χ4v) is 2.23. The van der Waals surface area contributed by atoms with Gasteiger partial charge in [0.25, 0.3) is 0 Å². The molecule has 100 valence electrons. The average Bonchev–Trinajstić information content (AvgIpc) is 2.92. The molecule has 2 rings (SSSR count). The molecule has 4 N–H and O–H groups in total. The van der Waals surface area contributed by atoms with Crippen LogP contribution in [0.25, 0.3) is 0 Å². The highest BCUT2D eigenvalue weighted by Crippen LogP contribution is 2.27. The number of nitrogens with one attached hydrogen (secondary N) is 2. The zero-order valence-corrected chi connectivity index (χ0v) is 10.8. The quantitative estimate of drug-likeness (QED) is 0.434. The number of nitrogens with zero attached hydrogens (tertiary/aromatic N) is 3. The van der Waals surface area contributed by atoms with Gasteiger partial charge in [-0.05, 0) is 18.4 Å². The molecule has 0 amide bonds. The molecule has 1 atom stereocenters. The zero-order chi connectivity index (χ0) is 13.8. The van der Waals surface area contributed by atoms with Gasteiger partial charge in [0.05, 0.1) is 11.0 Å². The van der Waals surface area contributed by atoms with Gasteiger partial charge in [-0.3, -0.25) is 15.5 Å². The molecular weight excluding hydrogens is 268 g/mol. The van der Waals surface area contributed by atoms with Crippen LogP contribution >= 0.6 is 11.3 Å². The first-order valence-corrected chi connectivity index (χ1v) is 6.27. The average molecular weight is 280 g/mol. The number of hydrazine groups is 1. The van der Waals surface area contributed by atoms with E-state index in [9.17, 15) is 10.1 Å². The Morgan fingerprint density at radius 1 is 1.58 bits per heavy atom. The molecule has 0 aliphatic rings. The minimum absolute atomic E-state index is 0.0979. The number of anilines is 2. The second kappa shape index (κ2) is 5.59. The third kappa shape index (κ3) is 2.95. The van der Waals surface area contributed by atoms with Crippen molar-refractivity contribution < 1.29 is 4.92 Å². The Hall–Kier alpha value is -2.26. The number of thiophene rings is 1. The van der Waals surface area contributed by atoms with Crippen molar-refractivity contribution in [1.29, 1.82) is 0 Å². The molecule has 0 aromatic carbocycles. The van der Waals surface area contributed by atoms with Crippen LogP contribution in [0, 0.1) is 10.1 Å². The second-order valence-electron chi connectivity index (χ2n) is 3.71. The van der Waals surface area contributed by atoms with Crippen LogP contribution < -0.4 is 16.6 Å². The topological polar surface area (TPSA) is 119 Å². The lowest BCUT2D eigenvalue weighted by atomic mass is 10.2. The van der Waals surface area contributed by atoms with Gasteiger partial charge in [0.2, 0.25) is 11.8 Å². The van der Waals surface area contributed by atoms with E-state index >= 15 is 0 Å². The van der Waals surface area contributed by atoms with E-state index < -0.39 is 4.92 Å². The lowest BCUT2D eigenvalue weighted by Gasteiger charge is -2.13. The lowest BCUT2D eigenvalue weighted by Crippen LogP contribution is -2.14. The molecule has 1 unspecified atom stereocenters. The first kappa shape index (κ1) is 13.2. The molecule has 2 aromatic heterocycles. The van der Waals surface area contributed by atoms with Gasteiger partial charge in [0, 0.05) is 4.88 Å². The normalized spacial score (nSPS) is 11.9. The summed E-state index contributed by atoms with van der Waals surface area (Å²) in [6.45, 7) is 1.90. The molecule has 0 saturated carbocycles. The predicted octanol–water partition coefficient (Wildman–Crippen LogP) is 1.91. The summed E-state index contributed by atoms with van der Waals surface area (Å²) >= 11 is 1.56. The van der Waals surface area contributed by atoms with E-state index in [0.717, 1.165) is 11.1 Å². The fourth-order valence-electron chi connectivity index (χ4n) is 1.50. The first-order chi connectivity index (χ1) is 9.11. The minimum atomic E-state index is -0.538. The number of rotatable bonds is 5. The molecule has 0 bridgehead atoms. The molecule has 0 spiro atoms. The maximum atomic E-state index is 10.9. The summed E-state index contributed by atoms with van der Waals surface area (Å²) in [5, 5.41) is 15.9. The van der Waals surface area contributed by atoms with Crippen LogP contribution in [-0.2, 0) is 0 Å². The zero-order valence-electron chi connectivity index (χ0n) is 10.0. The SMILES string of the molecule is CC(Nc1nc(NN)ncc1[N+](=O)[O-])c1cccs1. The van der Waals surface area contributed by atoms with E-state index in [1.165, 1.54) is 0 Å². The number of nitrogen functional groups attached to an aromatic ring is 1. The van der Waals surface area contributed by atoms with Gasteiger partial charge in [-0.1, -0.05) is 6.07 Å². The number of hydrogen-bond acceptors (Lipinski definition) is 8. The van der Waals surface area contributed by atoms with Crippen molar-refractivity contribution in [2.45, 2.75) is 13.0 Å². The molecule has 0 radical (unpaired) electrons. The van der Waals surface area contributed by atoms with Gasteiger partial charge < -0.3 is 5.32 Å². The Labute approximate surface area is 112 Å². The Kier molecular flexibility index (Phi) is 3.88. The van der Waals surface area contributed by atoms with Crippen molar-refractivity contribution in [2.75, 3.05) is 10.7 Å². The number of aromatic nitrogens is 2.